The maximum absolute atomic E-state index is 5.28. The predicted octanol–water partition coefficient (Wildman–Crippen LogP) is 8.28. The van der Waals surface area contributed by atoms with E-state index in [4.69, 9.17) is 10.2 Å². The molecule has 7 rings (SSSR count). The third-order valence-electron chi connectivity index (χ3n) is 6.29. The quantitative estimate of drug-likeness (QED) is 0.265. The normalized spacial score (nSPS) is 19.8. The lowest BCUT2D eigenvalue weighted by Crippen LogP contribution is -2.44. The minimum Gasteiger partial charge on any atom is -0.0618 e. The maximum atomic E-state index is 5.28. The van der Waals surface area contributed by atoms with Crippen molar-refractivity contribution in [3.63, 3.8) is 0 Å². The highest BCUT2D eigenvalue weighted by atomic mass is 32.2. The zero-order valence-corrected chi connectivity index (χ0v) is 19.6. The molecule has 3 aliphatic heterocycles. The molecule has 1 spiro atoms. The van der Waals surface area contributed by atoms with Gasteiger partial charge in [-0.25, -0.2) is 0 Å². The molecule has 0 saturated heterocycles. The van der Waals surface area contributed by atoms with Crippen molar-refractivity contribution in [2.75, 3.05) is 0 Å². The first-order valence-corrected chi connectivity index (χ1v) is 12.6. The van der Waals surface area contributed by atoms with Gasteiger partial charge >= 0.3 is 4.33 Å². The Kier molecular flexibility index (Phi) is 4.17. The minimum absolute atomic E-state index is 0.625. The number of fused-ring (bicyclic) bond motifs is 3. The first kappa shape index (κ1) is 19.3. The Morgan fingerprint density at radius 3 is 2.21 bits per heavy atom. The summed E-state index contributed by atoms with van der Waals surface area (Å²) in [6.07, 6.45) is 0.862. The molecule has 33 heavy (non-hydrogen) atoms. The number of hydrogen-bond donors (Lipinski definition) is 0. The van der Waals surface area contributed by atoms with Crippen molar-refractivity contribution in [2.45, 2.75) is 27.5 Å². The highest BCUT2D eigenvalue weighted by Gasteiger charge is 2.66. The van der Waals surface area contributed by atoms with Crippen LogP contribution in [0.1, 0.15) is 16.7 Å². The summed E-state index contributed by atoms with van der Waals surface area (Å²) in [5.41, 5.74) is 8.02. The summed E-state index contributed by atoms with van der Waals surface area (Å²) in [4.78, 5) is 2.44. The fraction of sp³-hybridized carbons (Fsp3) is 0.111. The van der Waals surface area contributed by atoms with Gasteiger partial charge < -0.3 is 0 Å². The minimum atomic E-state index is -0.625. The molecular formula is C27H20N4S2+2. The van der Waals surface area contributed by atoms with Gasteiger partial charge in [0.05, 0.1) is 33.3 Å². The Hall–Kier alpha value is -3.22. The van der Waals surface area contributed by atoms with Gasteiger partial charge in [0.1, 0.15) is 11.4 Å². The van der Waals surface area contributed by atoms with E-state index >= 15 is 0 Å². The molecule has 2 bridgehead atoms. The molecular weight excluding hydrogens is 444 g/mol. The van der Waals surface area contributed by atoms with Crippen LogP contribution in [0.5, 0.6) is 0 Å². The van der Waals surface area contributed by atoms with Crippen LogP contribution in [0.4, 0.5) is 22.7 Å². The number of nitrogens with zero attached hydrogens (tertiary/aromatic N) is 4. The first-order valence-electron chi connectivity index (χ1n) is 11.0. The van der Waals surface area contributed by atoms with Gasteiger partial charge in [0.25, 0.3) is 0 Å². The Labute approximate surface area is 200 Å². The van der Waals surface area contributed by atoms with Gasteiger partial charge in [0.15, 0.2) is 0 Å². The maximum Gasteiger partial charge on any atom is 0.516 e. The van der Waals surface area contributed by atoms with E-state index in [9.17, 15) is 0 Å². The molecule has 1 atom stereocenters. The van der Waals surface area contributed by atoms with E-state index in [-0.39, 0.29) is 0 Å². The summed E-state index contributed by atoms with van der Waals surface area (Å²) in [6, 6.07) is 32.0. The van der Waals surface area contributed by atoms with Gasteiger partial charge in [-0.05, 0) is 30.2 Å². The van der Waals surface area contributed by atoms with Gasteiger partial charge in [-0.15, -0.1) is 0 Å². The Bertz CT molecular complexity index is 1510. The third-order valence-corrected chi connectivity index (χ3v) is 9.42. The van der Waals surface area contributed by atoms with Gasteiger partial charge in [-0.3, -0.25) is 0 Å². The van der Waals surface area contributed by atoms with E-state index < -0.39 is 4.33 Å². The molecule has 0 amide bonds. The molecule has 0 fully saturated rings. The largest absolute Gasteiger partial charge is 0.516 e. The Morgan fingerprint density at radius 1 is 0.667 bits per heavy atom. The van der Waals surface area contributed by atoms with Crippen LogP contribution in [-0.2, 0) is 6.42 Å². The second-order valence-electron chi connectivity index (χ2n) is 8.41. The van der Waals surface area contributed by atoms with E-state index in [1.807, 2.05) is 29.6 Å². The number of rotatable bonds is 1. The van der Waals surface area contributed by atoms with E-state index in [1.165, 1.54) is 26.5 Å². The fourth-order valence-corrected chi connectivity index (χ4v) is 7.76. The van der Waals surface area contributed by atoms with E-state index in [2.05, 4.69) is 101 Å². The van der Waals surface area contributed by atoms with Crippen molar-refractivity contribution in [1.82, 2.24) is 0 Å². The molecule has 0 radical (unpaired) electrons. The van der Waals surface area contributed by atoms with Crippen molar-refractivity contribution in [3.8, 4) is 0 Å². The van der Waals surface area contributed by atoms with Gasteiger partial charge in [0.2, 0.25) is 11.4 Å². The molecule has 4 aromatic carbocycles. The van der Waals surface area contributed by atoms with Crippen LogP contribution in [0.15, 0.2) is 111 Å². The van der Waals surface area contributed by atoms with Crippen LogP contribution in [0.25, 0.3) is 0 Å². The monoisotopic (exact) mass is 464 g/mol. The molecule has 158 valence electrons. The lowest BCUT2D eigenvalue weighted by molar-refractivity contribution is -0.752. The molecule has 4 aromatic rings. The molecule has 3 heterocycles. The van der Waals surface area contributed by atoms with Crippen molar-refractivity contribution in [3.05, 3.63) is 108 Å². The SMILES string of the molecule is Cc1cccc2c1SC13Sc4c(cccc4N=[N+]1c1ccccc1)Cc1ccccc1[N+]3=N2. The smallest absolute Gasteiger partial charge is 0.0618 e. The molecule has 0 saturated carbocycles. The van der Waals surface area contributed by atoms with Gasteiger partial charge in [0, 0.05) is 49.8 Å². The molecule has 0 aromatic heterocycles. The number of hydrogen-bond acceptors (Lipinski definition) is 4. The van der Waals surface area contributed by atoms with Crippen LogP contribution >= 0.6 is 23.5 Å². The van der Waals surface area contributed by atoms with Crippen molar-refractivity contribution in [2.24, 2.45) is 10.2 Å². The zero-order chi connectivity index (χ0) is 22.0. The topological polar surface area (TPSA) is 30.7 Å². The molecule has 0 aliphatic carbocycles. The number of para-hydroxylation sites is 2. The van der Waals surface area contributed by atoms with Gasteiger partial charge in [-0.2, -0.15) is 0 Å². The lowest BCUT2D eigenvalue weighted by Gasteiger charge is -2.30. The van der Waals surface area contributed by atoms with Crippen LogP contribution in [0.3, 0.4) is 0 Å². The molecule has 0 N–H and O–H groups in total. The van der Waals surface area contributed by atoms with Crippen molar-refractivity contribution >= 4 is 46.3 Å². The summed E-state index contributed by atoms with van der Waals surface area (Å²) in [7, 11) is 0. The standard InChI is InChI=1S/C27H20N4S2/c1-18-9-7-14-22-25(18)32-27-30(21-12-3-2-4-13-21)28-23-15-8-11-20(26(23)33-27)17-19-10-5-6-16-24(19)31(27)29-22/h2-16H,17H2,1H3/q+2. The van der Waals surface area contributed by atoms with Crippen LogP contribution in [0, 0.1) is 6.92 Å². The zero-order valence-electron chi connectivity index (χ0n) is 18.0. The highest BCUT2D eigenvalue weighted by molar-refractivity contribution is 8.17. The van der Waals surface area contributed by atoms with Gasteiger partial charge in [-0.1, -0.05) is 60.7 Å². The Balaban J connectivity index is 1.63. The predicted molar refractivity (Wildman–Crippen MR) is 132 cm³/mol. The number of aryl methyl sites for hydroxylation is 1. The summed E-state index contributed by atoms with van der Waals surface area (Å²) in [6.45, 7) is 2.17. The number of thioether (sulfide) groups is 2. The number of benzene rings is 4. The van der Waals surface area contributed by atoms with E-state index in [0.717, 1.165) is 29.2 Å². The van der Waals surface area contributed by atoms with Crippen molar-refractivity contribution < 1.29 is 9.39 Å². The van der Waals surface area contributed by atoms with Crippen LogP contribution in [-0.4, -0.2) is 13.7 Å². The summed E-state index contributed by atoms with van der Waals surface area (Å²) >= 11 is 3.70. The lowest BCUT2D eigenvalue weighted by atomic mass is 10.0. The number of azo groups is 4. The molecule has 6 heteroatoms. The first-order chi connectivity index (χ1) is 16.2. The second kappa shape index (κ2) is 7.14. The molecule has 4 nitrogen and oxygen atoms in total. The third kappa shape index (κ3) is 2.81. The average molecular weight is 465 g/mol. The molecule has 3 aliphatic rings. The fourth-order valence-electron chi connectivity index (χ4n) is 4.72. The van der Waals surface area contributed by atoms with Crippen molar-refractivity contribution in [1.29, 1.82) is 0 Å². The Morgan fingerprint density at radius 2 is 1.33 bits per heavy atom. The van der Waals surface area contributed by atoms with E-state index in [1.54, 1.807) is 0 Å². The highest BCUT2D eigenvalue weighted by Crippen LogP contribution is 2.62. The summed E-state index contributed by atoms with van der Waals surface area (Å²) in [5.74, 6) is 0. The summed E-state index contributed by atoms with van der Waals surface area (Å²) in [5, 5.41) is 10.5. The average Bonchev–Trinajstić information content (AvgIpc) is 2.84. The van der Waals surface area contributed by atoms with Crippen LogP contribution < -0.4 is 0 Å². The van der Waals surface area contributed by atoms with E-state index in [0.29, 0.717) is 0 Å². The van der Waals surface area contributed by atoms with Crippen LogP contribution in [0.2, 0.25) is 0 Å². The summed E-state index contributed by atoms with van der Waals surface area (Å²) < 4.78 is 3.74. The molecule has 1 unspecified atom stereocenters. The second-order valence-corrected chi connectivity index (χ2v) is 11.0.